The first kappa shape index (κ1) is 18.7. The SMILES string of the molecule is CN1CCC(n2ccc(NC(=O)NC3C4CCC3Cc3ccccc3C4)n2)CC1. The first-order chi connectivity index (χ1) is 14.2. The largest absolute Gasteiger partial charge is 0.335 e. The molecule has 6 heteroatoms. The number of urea groups is 1. The summed E-state index contributed by atoms with van der Waals surface area (Å²) in [5.74, 6) is 1.71. The minimum atomic E-state index is -0.119. The number of amides is 2. The fraction of sp³-hybridized carbons (Fsp3) is 0.565. The molecule has 1 aliphatic heterocycles. The van der Waals surface area contributed by atoms with Crippen LogP contribution in [0.1, 0.15) is 42.9 Å². The van der Waals surface area contributed by atoms with E-state index in [9.17, 15) is 4.79 Å². The molecule has 5 rings (SSSR count). The molecule has 1 saturated heterocycles. The number of aromatic nitrogens is 2. The highest BCUT2D eigenvalue weighted by atomic mass is 16.2. The van der Waals surface area contributed by atoms with Gasteiger partial charge in [0.25, 0.3) is 0 Å². The van der Waals surface area contributed by atoms with Crippen molar-refractivity contribution in [3.63, 3.8) is 0 Å². The number of nitrogens with zero attached hydrogens (tertiary/aromatic N) is 3. The van der Waals surface area contributed by atoms with Crippen LogP contribution in [-0.4, -0.2) is 46.9 Å². The second kappa shape index (κ2) is 7.82. The maximum absolute atomic E-state index is 12.7. The van der Waals surface area contributed by atoms with E-state index >= 15 is 0 Å². The Morgan fingerprint density at radius 3 is 2.31 bits per heavy atom. The van der Waals surface area contributed by atoms with Crippen LogP contribution in [0.25, 0.3) is 0 Å². The molecule has 2 aromatic rings. The minimum absolute atomic E-state index is 0.119. The van der Waals surface area contributed by atoms with E-state index in [0.717, 1.165) is 38.8 Å². The predicted molar refractivity (Wildman–Crippen MR) is 114 cm³/mol. The van der Waals surface area contributed by atoms with Gasteiger partial charge in [0.1, 0.15) is 0 Å². The number of carbonyl (C=O) groups excluding carboxylic acids is 1. The number of anilines is 1. The molecule has 2 N–H and O–H groups in total. The zero-order chi connectivity index (χ0) is 19.8. The molecule has 29 heavy (non-hydrogen) atoms. The van der Waals surface area contributed by atoms with Gasteiger partial charge in [0.15, 0.2) is 5.82 Å². The van der Waals surface area contributed by atoms with E-state index in [1.54, 1.807) is 0 Å². The van der Waals surface area contributed by atoms with Gasteiger partial charge in [-0.25, -0.2) is 4.79 Å². The number of benzene rings is 1. The van der Waals surface area contributed by atoms with Gasteiger partial charge in [-0.3, -0.25) is 10.00 Å². The van der Waals surface area contributed by atoms with Crippen molar-refractivity contribution in [2.45, 2.75) is 50.6 Å². The lowest BCUT2D eigenvalue weighted by Crippen LogP contribution is -2.44. The van der Waals surface area contributed by atoms with Gasteiger partial charge in [-0.15, -0.1) is 0 Å². The maximum Gasteiger partial charge on any atom is 0.320 e. The number of hydrogen-bond acceptors (Lipinski definition) is 3. The van der Waals surface area contributed by atoms with Crippen LogP contribution in [0, 0.1) is 11.8 Å². The Balaban J connectivity index is 1.21. The summed E-state index contributed by atoms with van der Waals surface area (Å²) in [7, 11) is 2.16. The lowest BCUT2D eigenvalue weighted by atomic mass is 9.94. The zero-order valence-electron chi connectivity index (χ0n) is 17.2. The molecular weight excluding hydrogens is 362 g/mol. The normalized spacial score (nSPS) is 27.3. The number of hydrogen-bond donors (Lipinski definition) is 2. The van der Waals surface area contributed by atoms with Crippen molar-refractivity contribution >= 4 is 11.8 Å². The van der Waals surface area contributed by atoms with Crippen molar-refractivity contribution < 1.29 is 4.79 Å². The summed E-state index contributed by atoms with van der Waals surface area (Å²) in [4.78, 5) is 15.1. The van der Waals surface area contributed by atoms with Crippen molar-refractivity contribution in [3.8, 4) is 0 Å². The van der Waals surface area contributed by atoms with Crippen molar-refractivity contribution in [1.29, 1.82) is 0 Å². The van der Waals surface area contributed by atoms with Crippen LogP contribution < -0.4 is 10.6 Å². The first-order valence-electron chi connectivity index (χ1n) is 11.0. The van der Waals surface area contributed by atoms with Gasteiger partial charge in [-0.05, 0) is 81.6 Å². The van der Waals surface area contributed by atoms with Crippen molar-refractivity contribution in [2.75, 3.05) is 25.5 Å². The van der Waals surface area contributed by atoms with Crippen LogP contribution in [0.2, 0.25) is 0 Å². The summed E-state index contributed by atoms with van der Waals surface area (Å²) in [5.41, 5.74) is 2.92. The quantitative estimate of drug-likeness (QED) is 0.839. The van der Waals surface area contributed by atoms with Crippen molar-refractivity contribution in [1.82, 2.24) is 20.0 Å². The lowest BCUT2D eigenvalue weighted by Gasteiger charge is -2.29. The summed E-state index contributed by atoms with van der Waals surface area (Å²) in [5, 5.41) is 10.9. The number of nitrogens with one attached hydrogen (secondary N) is 2. The number of carbonyl (C=O) groups is 1. The molecule has 1 aromatic heterocycles. The molecule has 0 spiro atoms. The molecule has 2 aliphatic carbocycles. The Hall–Kier alpha value is -2.34. The summed E-state index contributed by atoms with van der Waals surface area (Å²) in [6, 6.07) is 11.2. The van der Waals surface area contributed by atoms with Crippen LogP contribution >= 0.6 is 0 Å². The summed E-state index contributed by atoms with van der Waals surface area (Å²) < 4.78 is 2.02. The summed E-state index contributed by atoms with van der Waals surface area (Å²) >= 11 is 0. The van der Waals surface area contributed by atoms with Gasteiger partial charge in [-0.2, -0.15) is 5.10 Å². The zero-order valence-corrected chi connectivity index (χ0v) is 17.2. The smallest absolute Gasteiger partial charge is 0.320 e. The van der Waals surface area contributed by atoms with E-state index in [2.05, 4.69) is 51.9 Å². The standard InChI is InChI=1S/C23H31N5O/c1-27-11-8-20(9-12-27)28-13-10-21(26-28)24-23(29)25-22-18-6-7-19(22)15-17-5-3-2-4-16(17)14-18/h2-5,10,13,18-20,22H,6-9,11-12,14-15H2,1H3,(H2,24,25,26,29). The van der Waals surface area contributed by atoms with Crippen LogP contribution in [0.15, 0.2) is 36.5 Å². The fourth-order valence-electron chi connectivity index (χ4n) is 5.56. The monoisotopic (exact) mass is 393 g/mol. The van der Waals surface area contributed by atoms with Crippen LogP contribution in [0.5, 0.6) is 0 Å². The molecule has 6 nitrogen and oxygen atoms in total. The molecule has 3 aliphatic rings. The van der Waals surface area contributed by atoms with E-state index < -0.39 is 0 Å². The number of rotatable bonds is 3. The molecule has 1 saturated carbocycles. The van der Waals surface area contributed by atoms with E-state index in [4.69, 9.17) is 0 Å². The Labute approximate surface area is 172 Å². The third-order valence-corrected chi connectivity index (χ3v) is 7.22. The van der Waals surface area contributed by atoms with E-state index in [-0.39, 0.29) is 12.1 Å². The first-order valence-corrected chi connectivity index (χ1v) is 11.0. The Bertz CT molecular complexity index is 837. The topological polar surface area (TPSA) is 62.2 Å². The highest BCUT2D eigenvalue weighted by Crippen LogP contribution is 2.40. The minimum Gasteiger partial charge on any atom is -0.335 e. The number of fused-ring (bicyclic) bond motifs is 3. The second-order valence-electron chi connectivity index (χ2n) is 9.11. The Kier molecular flexibility index (Phi) is 5.04. The molecular formula is C23H31N5O. The summed E-state index contributed by atoms with van der Waals surface area (Å²) in [6.45, 7) is 2.20. The van der Waals surface area contributed by atoms with Gasteiger partial charge in [-0.1, -0.05) is 24.3 Å². The van der Waals surface area contributed by atoms with Gasteiger partial charge < -0.3 is 10.2 Å². The molecule has 2 fully saturated rings. The highest BCUT2D eigenvalue weighted by Gasteiger charge is 2.39. The van der Waals surface area contributed by atoms with Gasteiger partial charge in [0.2, 0.25) is 0 Å². The van der Waals surface area contributed by atoms with Crippen LogP contribution in [-0.2, 0) is 12.8 Å². The molecule has 2 atom stereocenters. The Morgan fingerprint density at radius 2 is 1.66 bits per heavy atom. The molecule has 1 aromatic carbocycles. The van der Waals surface area contributed by atoms with Crippen LogP contribution in [0.4, 0.5) is 10.6 Å². The third kappa shape index (κ3) is 3.90. The van der Waals surface area contributed by atoms with Gasteiger partial charge >= 0.3 is 6.03 Å². The lowest BCUT2D eigenvalue weighted by molar-refractivity contribution is 0.212. The molecule has 2 heterocycles. The number of piperidine rings is 1. The maximum atomic E-state index is 12.7. The summed E-state index contributed by atoms with van der Waals surface area (Å²) in [6.07, 6.45) is 8.76. The molecule has 154 valence electrons. The second-order valence-corrected chi connectivity index (χ2v) is 9.11. The molecule has 2 bridgehead atoms. The third-order valence-electron chi connectivity index (χ3n) is 7.22. The molecule has 2 amide bonds. The predicted octanol–water partition coefficient (Wildman–Crippen LogP) is 3.46. The van der Waals surface area contributed by atoms with Gasteiger partial charge in [0, 0.05) is 18.3 Å². The van der Waals surface area contributed by atoms with E-state index in [1.807, 2.05) is 16.9 Å². The van der Waals surface area contributed by atoms with E-state index in [1.165, 1.54) is 24.0 Å². The highest BCUT2D eigenvalue weighted by molar-refractivity contribution is 5.88. The van der Waals surface area contributed by atoms with Crippen molar-refractivity contribution in [3.05, 3.63) is 47.7 Å². The number of likely N-dealkylation sites (tertiary alicyclic amines) is 1. The fourth-order valence-corrected chi connectivity index (χ4v) is 5.56. The molecule has 2 unspecified atom stereocenters. The van der Waals surface area contributed by atoms with Gasteiger partial charge in [0.05, 0.1) is 6.04 Å². The average molecular weight is 394 g/mol. The van der Waals surface area contributed by atoms with Crippen LogP contribution in [0.3, 0.4) is 0 Å². The molecule has 0 radical (unpaired) electrons. The average Bonchev–Trinajstić information content (AvgIpc) is 3.27. The van der Waals surface area contributed by atoms with E-state index in [0.29, 0.717) is 23.7 Å². The van der Waals surface area contributed by atoms with Crippen molar-refractivity contribution in [2.24, 2.45) is 11.8 Å². The Morgan fingerprint density at radius 1 is 1.00 bits per heavy atom.